The Hall–Kier alpha value is -3.91. The number of amides is 1. The molecule has 0 aliphatic carbocycles. The van der Waals surface area contributed by atoms with Gasteiger partial charge >= 0.3 is 0 Å². The molecule has 1 N–H and O–H groups in total. The number of benzene rings is 3. The molecule has 3 aromatic rings. The topological polar surface area (TPSA) is 72.5 Å². The minimum atomic E-state index is -0.142. The van der Waals surface area contributed by atoms with Gasteiger partial charge in [-0.05, 0) is 48.0 Å². The molecule has 8 heteroatoms. The maximum Gasteiger partial charge on any atom is 0.251 e. The molecule has 180 valence electrons. The molecule has 0 saturated carbocycles. The van der Waals surface area contributed by atoms with E-state index in [-0.39, 0.29) is 25.5 Å². The predicted molar refractivity (Wildman–Crippen MR) is 130 cm³/mol. The number of para-hydroxylation sites is 1. The molecule has 0 aromatic heterocycles. The highest BCUT2D eigenvalue weighted by Crippen LogP contribution is 2.36. The van der Waals surface area contributed by atoms with Crippen molar-refractivity contribution in [2.75, 3.05) is 51.2 Å². The molecule has 1 saturated heterocycles. The number of hydrogen-bond donors (Lipinski definition) is 1. The van der Waals surface area contributed by atoms with Gasteiger partial charge in [-0.25, -0.2) is 0 Å². The van der Waals surface area contributed by atoms with Crippen LogP contribution >= 0.6 is 0 Å². The number of hydrogen-bond acceptors (Lipinski definition) is 7. The fourth-order valence-electron chi connectivity index (χ4n) is 4.84. The molecule has 3 heterocycles. The summed E-state index contributed by atoms with van der Waals surface area (Å²) >= 11 is 0. The van der Waals surface area contributed by atoms with E-state index in [4.69, 9.17) is 18.9 Å². The summed E-state index contributed by atoms with van der Waals surface area (Å²) < 4.78 is 21.9. The summed E-state index contributed by atoms with van der Waals surface area (Å²) in [5.74, 6) is 2.62. The van der Waals surface area contributed by atoms with Crippen molar-refractivity contribution in [2.45, 2.75) is 6.04 Å². The van der Waals surface area contributed by atoms with Crippen molar-refractivity contribution in [3.8, 4) is 23.0 Å². The van der Waals surface area contributed by atoms with E-state index in [1.807, 2.05) is 18.2 Å². The molecule has 1 atom stereocenters. The third kappa shape index (κ3) is 4.44. The number of carbonyl (C=O) groups excluding carboxylic acids is 1. The van der Waals surface area contributed by atoms with Crippen LogP contribution in [0.4, 0.5) is 5.69 Å². The minimum absolute atomic E-state index is 0.000355. The molecule has 0 radical (unpaired) electrons. The average molecular weight is 474 g/mol. The minimum Gasteiger partial charge on any atom is -0.454 e. The third-order valence-electron chi connectivity index (χ3n) is 6.75. The number of anilines is 1. The van der Waals surface area contributed by atoms with Crippen LogP contribution < -0.4 is 29.2 Å². The highest BCUT2D eigenvalue weighted by atomic mass is 16.7. The van der Waals surface area contributed by atoms with Crippen LogP contribution in [0.2, 0.25) is 0 Å². The molecular formula is C27H27N3O5. The van der Waals surface area contributed by atoms with E-state index in [0.717, 1.165) is 43.2 Å². The van der Waals surface area contributed by atoms with Crippen molar-refractivity contribution in [3.63, 3.8) is 0 Å². The Kier molecular flexibility index (Phi) is 5.79. The zero-order chi connectivity index (χ0) is 23.6. The molecule has 0 bridgehead atoms. The second-order valence-electron chi connectivity index (χ2n) is 8.77. The van der Waals surface area contributed by atoms with Crippen LogP contribution in [-0.2, 0) is 0 Å². The van der Waals surface area contributed by atoms with Gasteiger partial charge in [0.1, 0.15) is 0 Å². The molecule has 3 aliphatic rings. The van der Waals surface area contributed by atoms with E-state index in [2.05, 4.69) is 45.4 Å². The molecule has 1 unspecified atom stereocenters. The summed E-state index contributed by atoms with van der Waals surface area (Å²) in [5.41, 5.74) is 2.88. The second-order valence-corrected chi connectivity index (χ2v) is 8.77. The molecule has 1 fully saturated rings. The summed E-state index contributed by atoms with van der Waals surface area (Å²) in [7, 11) is 0. The maximum absolute atomic E-state index is 13.0. The van der Waals surface area contributed by atoms with E-state index >= 15 is 0 Å². The lowest BCUT2D eigenvalue weighted by molar-refractivity contribution is 0.0929. The monoisotopic (exact) mass is 473 g/mol. The number of ether oxygens (including phenoxy) is 4. The average Bonchev–Trinajstić information content (AvgIpc) is 3.58. The van der Waals surface area contributed by atoms with Gasteiger partial charge in [-0.1, -0.05) is 24.3 Å². The van der Waals surface area contributed by atoms with Gasteiger partial charge in [-0.3, -0.25) is 9.69 Å². The fraction of sp³-hybridized carbons (Fsp3) is 0.296. The lowest BCUT2D eigenvalue weighted by atomic mass is 10.0. The number of carbonyl (C=O) groups is 1. The maximum atomic E-state index is 13.0. The molecule has 3 aliphatic heterocycles. The van der Waals surface area contributed by atoms with Crippen LogP contribution in [0.1, 0.15) is 22.0 Å². The first-order chi connectivity index (χ1) is 17.2. The summed E-state index contributed by atoms with van der Waals surface area (Å²) in [5, 5.41) is 3.13. The molecule has 0 spiro atoms. The first-order valence-corrected chi connectivity index (χ1v) is 11.9. The van der Waals surface area contributed by atoms with Crippen LogP contribution in [0.5, 0.6) is 23.0 Å². The largest absolute Gasteiger partial charge is 0.454 e. The van der Waals surface area contributed by atoms with Crippen molar-refractivity contribution in [3.05, 3.63) is 77.9 Å². The first kappa shape index (κ1) is 21.6. The van der Waals surface area contributed by atoms with E-state index in [9.17, 15) is 4.79 Å². The van der Waals surface area contributed by atoms with Crippen molar-refractivity contribution in [2.24, 2.45) is 0 Å². The van der Waals surface area contributed by atoms with Crippen LogP contribution in [0.15, 0.2) is 66.7 Å². The fourth-order valence-corrected chi connectivity index (χ4v) is 4.84. The van der Waals surface area contributed by atoms with Gasteiger partial charge in [0.2, 0.25) is 13.6 Å². The Morgan fingerprint density at radius 3 is 2.17 bits per heavy atom. The summed E-state index contributed by atoms with van der Waals surface area (Å²) in [6.45, 7) is 4.49. The zero-order valence-corrected chi connectivity index (χ0v) is 19.3. The van der Waals surface area contributed by atoms with E-state index in [0.29, 0.717) is 23.6 Å². The highest BCUT2D eigenvalue weighted by Gasteiger charge is 2.28. The Morgan fingerprint density at radius 1 is 0.771 bits per heavy atom. The van der Waals surface area contributed by atoms with Crippen LogP contribution in [0, 0.1) is 0 Å². The van der Waals surface area contributed by atoms with Gasteiger partial charge in [0.05, 0.1) is 6.04 Å². The number of fused-ring (bicyclic) bond motifs is 2. The Balaban J connectivity index is 1.19. The van der Waals surface area contributed by atoms with Gasteiger partial charge in [-0.15, -0.1) is 0 Å². The molecule has 1 amide bonds. The molecule has 3 aromatic carbocycles. The highest BCUT2D eigenvalue weighted by molar-refractivity contribution is 5.95. The summed E-state index contributed by atoms with van der Waals surface area (Å²) in [6, 6.07) is 21.8. The van der Waals surface area contributed by atoms with Crippen LogP contribution in [0.3, 0.4) is 0 Å². The van der Waals surface area contributed by atoms with Gasteiger partial charge in [0.15, 0.2) is 23.0 Å². The smallest absolute Gasteiger partial charge is 0.251 e. The lowest BCUT2D eigenvalue weighted by Gasteiger charge is -2.40. The predicted octanol–water partition coefficient (Wildman–Crippen LogP) is 3.44. The standard InChI is InChI=1S/C27H27N3O5/c31-27(20-7-9-24-26(15-20)35-18-33-24)28-16-22(19-6-8-23-25(14-19)34-17-32-23)30-12-10-29(11-13-30)21-4-2-1-3-5-21/h1-9,14-15,22H,10-13,16-18H2,(H,28,31). The Bertz CT molecular complexity index is 1210. The quantitative estimate of drug-likeness (QED) is 0.588. The Morgan fingerprint density at radius 2 is 1.43 bits per heavy atom. The van der Waals surface area contributed by atoms with Gasteiger partial charge in [0.25, 0.3) is 5.91 Å². The second kappa shape index (κ2) is 9.38. The van der Waals surface area contributed by atoms with Crippen LogP contribution in [0.25, 0.3) is 0 Å². The zero-order valence-electron chi connectivity index (χ0n) is 19.3. The molecule has 6 rings (SSSR count). The van der Waals surface area contributed by atoms with Crippen molar-refractivity contribution < 1.29 is 23.7 Å². The molecule has 8 nitrogen and oxygen atoms in total. The number of piperazine rings is 1. The lowest BCUT2D eigenvalue weighted by Crippen LogP contribution is -2.50. The van der Waals surface area contributed by atoms with E-state index in [1.165, 1.54) is 5.69 Å². The van der Waals surface area contributed by atoms with Gasteiger partial charge in [0, 0.05) is 44.0 Å². The van der Waals surface area contributed by atoms with Crippen molar-refractivity contribution >= 4 is 11.6 Å². The SMILES string of the molecule is O=C(NCC(c1ccc2c(c1)OCO2)N1CCN(c2ccccc2)CC1)c1ccc2c(c1)OCO2. The summed E-state index contributed by atoms with van der Waals surface area (Å²) in [4.78, 5) is 17.8. The third-order valence-corrected chi connectivity index (χ3v) is 6.75. The first-order valence-electron chi connectivity index (χ1n) is 11.9. The van der Waals surface area contributed by atoms with Gasteiger partial charge in [-0.2, -0.15) is 0 Å². The molecular weight excluding hydrogens is 446 g/mol. The normalized spacial score (nSPS) is 17.3. The van der Waals surface area contributed by atoms with Crippen molar-refractivity contribution in [1.82, 2.24) is 10.2 Å². The van der Waals surface area contributed by atoms with Gasteiger partial charge < -0.3 is 29.2 Å². The number of nitrogens with zero attached hydrogens (tertiary/aromatic N) is 2. The molecule has 35 heavy (non-hydrogen) atoms. The Labute approximate surface area is 203 Å². The van der Waals surface area contributed by atoms with Crippen molar-refractivity contribution in [1.29, 1.82) is 0 Å². The number of rotatable bonds is 6. The number of nitrogens with one attached hydrogen (secondary N) is 1. The van der Waals surface area contributed by atoms with E-state index < -0.39 is 0 Å². The van der Waals surface area contributed by atoms with E-state index in [1.54, 1.807) is 18.2 Å². The van der Waals surface area contributed by atoms with Crippen LogP contribution in [-0.4, -0.2) is 57.1 Å². The summed E-state index contributed by atoms with van der Waals surface area (Å²) in [6.07, 6.45) is 0.